The van der Waals surface area contributed by atoms with Gasteiger partial charge in [0.1, 0.15) is 0 Å². The van der Waals surface area contributed by atoms with E-state index in [1.807, 2.05) is 18.2 Å². The SMILES string of the molecule is O=C(Nc1ccc(N2CCCC2)cc1)c1cc(I)ccc1Cl. The average molecular weight is 427 g/mol. The van der Waals surface area contributed by atoms with Crippen molar-refractivity contribution in [3.63, 3.8) is 0 Å². The monoisotopic (exact) mass is 426 g/mol. The molecule has 1 saturated heterocycles. The first-order valence-corrected chi connectivity index (χ1v) is 8.70. The smallest absolute Gasteiger partial charge is 0.257 e. The van der Waals surface area contributed by atoms with Crippen molar-refractivity contribution in [3.8, 4) is 0 Å². The molecule has 3 nitrogen and oxygen atoms in total. The van der Waals surface area contributed by atoms with Crippen molar-refractivity contribution in [1.29, 1.82) is 0 Å². The molecule has 2 aromatic carbocycles. The summed E-state index contributed by atoms with van der Waals surface area (Å²) >= 11 is 8.27. The van der Waals surface area contributed by atoms with Gasteiger partial charge in [0.2, 0.25) is 0 Å². The lowest BCUT2D eigenvalue weighted by Gasteiger charge is -2.17. The van der Waals surface area contributed by atoms with Crippen molar-refractivity contribution in [2.24, 2.45) is 0 Å². The Morgan fingerprint density at radius 3 is 2.45 bits per heavy atom. The van der Waals surface area contributed by atoms with Crippen LogP contribution in [0, 0.1) is 3.57 Å². The molecule has 0 unspecified atom stereocenters. The highest BCUT2D eigenvalue weighted by atomic mass is 127. The first-order chi connectivity index (χ1) is 10.6. The molecular weight excluding hydrogens is 411 g/mol. The maximum absolute atomic E-state index is 12.3. The molecule has 22 heavy (non-hydrogen) atoms. The van der Waals surface area contributed by atoms with Gasteiger partial charge in [0, 0.05) is 28.0 Å². The number of carbonyl (C=O) groups excluding carboxylic acids is 1. The van der Waals surface area contributed by atoms with Gasteiger partial charge in [0.25, 0.3) is 5.91 Å². The molecule has 3 rings (SSSR count). The van der Waals surface area contributed by atoms with Crippen molar-refractivity contribution in [2.45, 2.75) is 12.8 Å². The lowest BCUT2D eigenvalue weighted by Crippen LogP contribution is -2.17. The van der Waals surface area contributed by atoms with Gasteiger partial charge >= 0.3 is 0 Å². The van der Waals surface area contributed by atoms with Crippen molar-refractivity contribution in [3.05, 3.63) is 56.6 Å². The van der Waals surface area contributed by atoms with Crippen molar-refractivity contribution >= 4 is 51.5 Å². The Hall–Kier alpha value is -1.27. The third-order valence-corrected chi connectivity index (χ3v) is 4.77. The van der Waals surface area contributed by atoms with Gasteiger partial charge in [0.05, 0.1) is 10.6 Å². The summed E-state index contributed by atoms with van der Waals surface area (Å²) < 4.78 is 0.983. The van der Waals surface area contributed by atoms with E-state index in [4.69, 9.17) is 11.6 Å². The van der Waals surface area contributed by atoms with Crippen molar-refractivity contribution < 1.29 is 4.79 Å². The number of amides is 1. The van der Waals surface area contributed by atoms with E-state index in [2.05, 4.69) is 44.9 Å². The molecule has 0 aliphatic carbocycles. The number of nitrogens with zero attached hydrogens (tertiary/aromatic N) is 1. The van der Waals surface area contributed by atoms with E-state index >= 15 is 0 Å². The molecule has 114 valence electrons. The standard InChI is InChI=1S/C17H16ClIN2O/c18-16-8-3-12(19)11-15(16)17(22)20-13-4-6-14(7-5-13)21-9-1-2-10-21/h3-8,11H,1-2,9-10H2,(H,20,22). The van der Waals surface area contributed by atoms with Gasteiger partial charge in [-0.3, -0.25) is 4.79 Å². The summed E-state index contributed by atoms with van der Waals surface area (Å²) in [4.78, 5) is 14.7. The summed E-state index contributed by atoms with van der Waals surface area (Å²) in [6.07, 6.45) is 2.51. The van der Waals surface area contributed by atoms with Crippen LogP contribution in [0.4, 0.5) is 11.4 Å². The van der Waals surface area contributed by atoms with E-state index in [0.717, 1.165) is 22.3 Å². The van der Waals surface area contributed by atoms with Crippen LogP contribution in [-0.4, -0.2) is 19.0 Å². The molecule has 1 aliphatic heterocycles. The minimum absolute atomic E-state index is 0.183. The van der Waals surface area contributed by atoms with Crippen LogP contribution < -0.4 is 10.2 Å². The number of halogens is 2. The predicted molar refractivity (Wildman–Crippen MR) is 100 cm³/mol. The predicted octanol–water partition coefficient (Wildman–Crippen LogP) is 4.80. The minimum atomic E-state index is -0.183. The number of carbonyl (C=O) groups is 1. The summed E-state index contributed by atoms with van der Waals surface area (Å²) in [5.41, 5.74) is 2.49. The Balaban J connectivity index is 1.72. The highest BCUT2D eigenvalue weighted by molar-refractivity contribution is 14.1. The number of hydrogen-bond acceptors (Lipinski definition) is 2. The molecule has 1 aliphatic rings. The molecule has 1 fully saturated rings. The third kappa shape index (κ3) is 3.55. The van der Waals surface area contributed by atoms with Crippen LogP contribution >= 0.6 is 34.2 Å². The zero-order chi connectivity index (χ0) is 15.5. The number of nitrogens with one attached hydrogen (secondary N) is 1. The maximum atomic E-state index is 12.3. The molecule has 1 heterocycles. The van der Waals surface area contributed by atoms with Gasteiger partial charge in [-0.15, -0.1) is 0 Å². The van der Waals surface area contributed by atoms with Gasteiger partial charge in [0.15, 0.2) is 0 Å². The molecule has 1 amide bonds. The molecule has 0 atom stereocenters. The van der Waals surface area contributed by atoms with Crippen molar-refractivity contribution in [2.75, 3.05) is 23.3 Å². The first kappa shape index (κ1) is 15.6. The topological polar surface area (TPSA) is 32.3 Å². The molecule has 1 N–H and O–H groups in total. The fraction of sp³-hybridized carbons (Fsp3) is 0.235. The molecular formula is C17H16ClIN2O. The summed E-state index contributed by atoms with van der Waals surface area (Å²) in [5.74, 6) is -0.183. The maximum Gasteiger partial charge on any atom is 0.257 e. The second-order valence-corrected chi connectivity index (χ2v) is 6.97. The van der Waals surface area contributed by atoms with E-state index in [1.54, 1.807) is 12.1 Å². The van der Waals surface area contributed by atoms with Crippen LogP contribution in [0.25, 0.3) is 0 Å². The summed E-state index contributed by atoms with van der Waals surface area (Å²) in [7, 11) is 0. The van der Waals surface area contributed by atoms with Crippen LogP contribution in [0.1, 0.15) is 23.2 Å². The second-order valence-electron chi connectivity index (χ2n) is 5.32. The number of benzene rings is 2. The van der Waals surface area contributed by atoms with Crippen LogP contribution in [0.15, 0.2) is 42.5 Å². The Morgan fingerprint density at radius 2 is 1.77 bits per heavy atom. The molecule has 0 spiro atoms. The minimum Gasteiger partial charge on any atom is -0.372 e. The lowest BCUT2D eigenvalue weighted by atomic mass is 10.2. The lowest BCUT2D eigenvalue weighted by molar-refractivity contribution is 0.102. The quantitative estimate of drug-likeness (QED) is 0.715. The molecule has 0 saturated carbocycles. The van der Waals surface area contributed by atoms with Gasteiger partial charge in [-0.2, -0.15) is 0 Å². The number of rotatable bonds is 3. The highest BCUT2D eigenvalue weighted by Gasteiger charge is 2.13. The molecule has 0 bridgehead atoms. The molecule has 0 radical (unpaired) electrons. The molecule has 5 heteroatoms. The fourth-order valence-corrected chi connectivity index (χ4v) is 3.30. The molecule has 0 aromatic heterocycles. The fourth-order valence-electron chi connectivity index (χ4n) is 2.60. The Morgan fingerprint density at radius 1 is 1.09 bits per heavy atom. The zero-order valence-corrected chi connectivity index (χ0v) is 14.9. The van der Waals surface area contributed by atoms with Crippen LogP contribution in [0.3, 0.4) is 0 Å². The largest absolute Gasteiger partial charge is 0.372 e. The first-order valence-electron chi connectivity index (χ1n) is 7.25. The van der Waals surface area contributed by atoms with Gasteiger partial charge in [-0.05, 0) is 77.9 Å². The Labute approximate surface area is 148 Å². The zero-order valence-electron chi connectivity index (χ0n) is 12.0. The van der Waals surface area contributed by atoms with Crippen LogP contribution in [-0.2, 0) is 0 Å². The number of hydrogen-bond donors (Lipinski definition) is 1. The summed E-state index contributed by atoms with van der Waals surface area (Å²) in [6, 6.07) is 13.4. The third-order valence-electron chi connectivity index (χ3n) is 3.77. The van der Waals surface area contributed by atoms with Crippen molar-refractivity contribution in [1.82, 2.24) is 0 Å². The normalized spacial score (nSPS) is 14.2. The summed E-state index contributed by atoms with van der Waals surface area (Å²) in [5, 5.41) is 3.36. The van der Waals surface area contributed by atoms with Gasteiger partial charge < -0.3 is 10.2 Å². The molecule has 2 aromatic rings. The average Bonchev–Trinajstić information content (AvgIpc) is 3.05. The highest BCUT2D eigenvalue weighted by Crippen LogP contribution is 2.24. The van der Waals surface area contributed by atoms with E-state index < -0.39 is 0 Å². The number of anilines is 2. The Kier molecular flexibility index (Phi) is 4.88. The van der Waals surface area contributed by atoms with Crippen LogP contribution in [0.2, 0.25) is 5.02 Å². The van der Waals surface area contributed by atoms with Crippen LogP contribution in [0.5, 0.6) is 0 Å². The van der Waals surface area contributed by atoms with E-state index in [9.17, 15) is 4.79 Å². The van der Waals surface area contributed by atoms with E-state index in [0.29, 0.717) is 10.6 Å². The van der Waals surface area contributed by atoms with E-state index in [-0.39, 0.29) is 5.91 Å². The second kappa shape index (κ2) is 6.87. The van der Waals surface area contributed by atoms with E-state index in [1.165, 1.54) is 18.5 Å². The summed E-state index contributed by atoms with van der Waals surface area (Å²) in [6.45, 7) is 2.23. The van der Waals surface area contributed by atoms with Gasteiger partial charge in [-0.25, -0.2) is 0 Å². The Bertz CT molecular complexity index is 682. The van der Waals surface area contributed by atoms with Gasteiger partial charge in [-0.1, -0.05) is 11.6 Å².